The molecule has 0 saturated carbocycles. The van der Waals surface area contributed by atoms with E-state index in [1.807, 2.05) is 48.5 Å². The predicted octanol–water partition coefficient (Wildman–Crippen LogP) is 5.10. The Morgan fingerprint density at radius 2 is 1.87 bits per heavy atom. The second-order valence-electron chi connectivity index (χ2n) is 7.11. The van der Waals surface area contributed by atoms with Gasteiger partial charge in [0.2, 0.25) is 0 Å². The van der Waals surface area contributed by atoms with Gasteiger partial charge in [-0.05, 0) is 52.9 Å². The van der Waals surface area contributed by atoms with E-state index in [4.69, 9.17) is 9.47 Å². The number of methoxy groups -OCH3 is 1. The molecule has 31 heavy (non-hydrogen) atoms. The molecule has 0 spiro atoms. The van der Waals surface area contributed by atoms with Crippen molar-refractivity contribution in [1.29, 1.82) is 0 Å². The molecule has 158 valence electrons. The van der Waals surface area contributed by atoms with Gasteiger partial charge in [0, 0.05) is 12.7 Å². The minimum atomic E-state index is -0.393. The zero-order chi connectivity index (χ0) is 21.6. The van der Waals surface area contributed by atoms with E-state index >= 15 is 0 Å². The average Bonchev–Trinajstić information content (AvgIpc) is 3.37. The Morgan fingerprint density at radius 3 is 2.55 bits per heavy atom. The third kappa shape index (κ3) is 4.83. The minimum absolute atomic E-state index is 0.218. The number of rotatable bonds is 5. The van der Waals surface area contributed by atoms with Crippen LogP contribution >= 0.6 is 11.5 Å². The number of carbonyl (C=O) groups is 2. The van der Waals surface area contributed by atoms with Gasteiger partial charge >= 0.3 is 12.1 Å². The lowest BCUT2D eigenvalue weighted by Gasteiger charge is -2.34. The summed E-state index contributed by atoms with van der Waals surface area (Å²) >= 11 is 1.44. The molecule has 4 rings (SSSR count). The maximum absolute atomic E-state index is 13.0. The quantitative estimate of drug-likeness (QED) is 0.523. The van der Waals surface area contributed by atoms with Gasteiger partial charge in [0.25, 0.3) is 0 Å². The summed E-state index contributed by atoms with van der Waals surface area (Å²) < 4.78 is 14.6. The number of aromatic nitrogens is 1. The summed E-state index contributed by atoms with van der Waals surface area (Å²) in [6.45, 7) is 0.746. The van der Waals surface area contributed by atoms with Crippen LogP contribution < -0.4 is 0 Å². The van der Waals surface area contributed by atoms with Crippen LogP contribution in [0.5, 0.6) is 0 Å². The van der Waals surface area contributed by atoms with Crippen LogP contribution in [0.15, 0.2) is 72.9 Å². The van der Waals surface area contributed by atoms with Crippen LogP contribution in [0.3, 0.4) is 0 Å². The van der Waals surface area contributed by atoms with Crippen LogP contribution in [0.2, 0.25) is 0 Å². The van der Waals surface area contributed by atoms with Crippen molar-refractivity contribution in [2.45, 2.75) is 19.1 Å². The topological polar surface area (TPSA) is 68.7 Å². The first-order chi connectivity index (χ1) is 15.2. The third-order valence-electron chi connectivity index (χ3n) is 5.18. The van der Waals surface area contributed by atoms with E-state index in [9.17, 15) is 9.59 Å². The van der Waals surface area contributed by atoms with Crippen LogP contribution in [0.25, 0.3) is 5.57 Å². The Kier molecular flexibility index (Phi) is 6.43. The lowest BCUT2D eigenvalue weighted by molar-refractivity contribution is 0.0600. The Balaban J connectivity index is 1.59. The summed E-state index contributed by atoms with van der Waals surface area (Å²) in [7, 11) is 1.35. The summed E-state index contributed by atoms with van der Waals surface area (Å²) in [5.74, 6) is -0.393. The molecule has 1 atom stereocenters. The molecule has 2 aromatic carbocycles. The van der Waals surface area contributed by atoms with E-state index in [2.05, 4.69) is 10.4 Å². The summed E-state index contributed by atoms with van der Waals surface area (Å²) in [5.41, 5.74) is 3.45. The first kappa shape index (κ1) is 20.8. The fourth-order valence-corrected chi connectivity index (χ4v) is 4.19. The second kappa shape index (κ2) is 9.57. The van der Waals surface area contributed by atoms with Gasteiger partial charge in [0.15, 0.2) is 0 Å². The number of ether oxygens (including phenoxy) is 2. The molecular weight excluding hydrogens is 412 g/mol. The normalized spacial score (nSPS) is 15.8. The van der Waals surface area contributed by atoms with Gasteiger partial charge in [-0.3, -0.25) is 4.90 Å². The summed E-state index contributed by atoms with van der Waals surface area (Å²) in [4.78, 5) is 27.6. The zero-order valence-electron chi connectivity index (χ0n) is 17.1. The highest BCUT2D eigenvalue weighted by molar-refractivity contribution is 7.06. The SMILES string of the molecule is COC(=O)c1ccc([C@@H]2C=C(c3ccns3)CCN2C(=O)OCc2ccccc2)cc1. The molecule has 1 aliphatic heterocycles. The van der Waals surface area contributed by atoms with Gasteiger partial charge in [0.05, 0.1) is 23.6 Å². The van der Waals surface area contributed by atoms with Gasteiger partial charge in [-0.2, -0.15) is 0 Å². The van der Waals surface area contributed by atoms with Crippen LogP contribution in [-0.4, -0.2) is 35.0 Å². The number of benzene rings is 2. The van der Waals surface area contributed by atoms with E-state index in [1.165, 1.54) is 18.6 Å². The molecule has 0 fully saturated rings. The van der Waals surface area contributed by atoms with Gasteiger partial charge in [-0.25, -0.2) is 14.0 Å². The Morgan fingerprint density at radius 1 is 1.10 bits per heavy atom. The van der Waals surface area contributed by atoms with Gasteiger partial charge in [-0.15, -0.1) is 0 Å². The van der Waals surface area contributed by atoms with E-state index in [-0.39, 0.29) is 18.7 Å². The van der Waals surface area contributed by atoms with E-state index < -0.39 is 5.97 Å². The molecular formula is C24H22N2O4S. The highest BCUT2D eigenvalue weighted by atomic mass is 32.1. The molecule has 2 heterocycles. The molecule has 3 aromatic rings. The van der Waals surface area contributed by atoms with Crippen LogP contribution in [0.1, 0.15) is 38.8 Å². The lowest BCUT2D eigenvalue weighted by atomic mass is 9.95. The minimum Gasteiger partial charge on any atom is -0.465 e. The van der Waals surface area contributed by atoms with Gasteiger partial charge < -0.3 is 9.47 Å². The summed E-state index contributed by atoms with van der Waals surface area (Å²) in [5, 5.41) is 0. The highest BCUT2D eigenvalue weighted by Gasteiger charge is 2.29. The van der Waals surface area contributed by atoms with Crippen LogP contribution in [0, 0.1) is 0 Å². The van der Waals surface area contributed by atoms with Crippen LogP contribution in [0.4, 0.5) is 4.79 Å². The number of carbonyl (C=O) groups excluding carboxylic acids is 2. The molecule has 1 aliphatic rings. The molecule has 0 aliphatic carbocycles. The molecule has 0 bridgehead atoms. The van der Waals surface area contributed by atoms with Gasteiger partial charge in [-0.1, -0.05) is 48.5 Å². The molecule has 0 N–H and O–H groups in total. The Labute approximate surface area is 184 Å². The van der Waals surface area contributed by atoms with Crippen molar-refractivity contribution in [3.8, 4) is 0 Å². The predicted molar refractivity (Wildman–Crippen MR) is 119 cm³/mol. The molecule has 6 nitrogen and oxygen atoms in total. The first-order valence-electron chi connectivity index (χ1n) is 9.93. The van der Waals surface area contributed by atoms with E-state index in [1.54, 1.807) is 23.2 Å². The first-order valence-corrected chi connectivity index (χ1v) is 10.7. The third-order valence-corrected chi connectivity index (χ3v) is 6.01. The van der Waals surface area contributed by atoms with Crippen molar-refractivity contribution < 1.29 is 19.1 Å². The standard InChI is InChI=1S/C24H22N2O4S/c1-29-23(27)19-9-7-18(8-10-19)21-15-20(22-11-13-25-31-22)12-14-26(21)24(28)30-16-17-5-3-2-4-6-17/h2-11,13,15,21H,12,14,16H2,1H3/t21-/m0/s1. The molecule has 7 heteroatoms. The number of esters is 1. The molecule has 0 radical (unpaired) electrons. The fourth-order valence-electron chi connectivity index (χ4n) is 3.55. The van der Waals surface area contributed by atoms with Crippen molar-refractivity contribution in [3.05, 3.63) is 94.5 Å². The molecule has 1 aromatic heterocycles. The number of hydrogen-bond acceptors (Lipinski definition) is 6. The Bertz CT molecular complexity index is 1060. The maximum atomic E-state index is 13.0. The van der Waals surface area contributed by atoms with E-state index in [0.717, 1.165) is 28.0 Å². The van der Waals surface area contributed by atoms with Crippen molar-refractivity contribution in [1.82, 2.24) is 9.27 Å². The molecule has 0 unspecified atom stereocenters. The van der Waals surface area contributed by atoms with Crippen molar-refractivity contribution >= 4 is 29.2 Å². The monoisotopic (exact) mass is 434 g/mol. The summed E-state index contributed by atoms with van der Waals surface area (Å²) in [6.07, 6.45) is 4.21. The number of nitrogens with zero attached hydrogens (tertiary/aromatic N) is 2. The van der Waals surface area contributed by atoms with Crippen LogP contribution in [-0.2, 0) is 16.1 Å². The smallest absolute Gasteiger partial charge is 0.410 e. The van der Waals surface area contributed by atoms with E-state index in [0.29, 0.717) is 12.1 Å². The summed E-state index contributed by atoms with van der Waals surface area (Å²) in [6, 6.07) is 18.4. The maximum Gasteiger partial charge on any atom is 0.410 e. The molecule has 0 saturated heterocycles. The fraction of sp³-hybridized carbons (Fsp3) is 0.208. The number of amides is 1. The van der Waals surface area contributed by atoms with Crippen molar-refractivity contribution in [3.63, 3.8) is 0 Å². The van der Waals surface area contributed by atoms with Crippen molar-refractivity contribution in [2.24, 2.45) is 0 Å². The largest absolute Gasteiger partial charge is 0.465 e. The lowest BCUT2D eigenvalue weighted by Crippen LogP contribution is -2.37. The Hall–Kier alpha value is -3.45. The zero-order valence-corrected chi connectivity index (χ0v) is 17.9. The van der Waals surface area contributed by atoms with Gasteiger partial charge in [0.1, 0.15) is 6.61 Å². The highest BCUT2D eigenvalue weighted by Crippen LogP contribution is 2.35. The average molecular weight is 435 g/mol. The second-order valence-corrected chi connectivity index (χ2v) is 7.94. The molecule has 1 amide bonds. The number of hydrogen-bond donors (Lipinski definition) is 0. The van der Waals surface area contributed by atoms with Crippen molar-refractivity contribution in [2.75, 3.05) is 13.7 Å².